The van der Waals surface area contributed by atoms with Gasteiger partial charge in [-0.05, 0) is 13.8 Å². The number of rotatable bonds is 2. The van der Waals surface area contributed by atoms with E-state index in [4.69, 9.17) is 5.73 Å². The second-order valence-corrected chi connectivity index (χ2v) is 4.22. The van der Waals surface area contributed by atoms with Gasteiger partial charge in [0.15, 0.2) is 0 Å². The van der Waals surface area contributed by atoms with E-state index in [1.165, 1.54) is 4.68 Å². The molecule has 96 valence electrons. The molecule has 0 aliphatic carbocycles. The summed E-state index contributed by atoms with van der Waals surface area (Å²) in [7, 11) is 3.45. The van der Waals surface area contributed by atoms with Gasteiger partial charge in [0, 0.05) is 20.2 Å². The molecular formula is C11H16N6O. The zero-order valence-corrected chi connectivity index (χ0v) is 10.9. The van der Waals surface area contributed by atoms with Crippen LogP contribution in [0.25, 0.3) is 0 Å². The normalized spacial score (nSPS) is 10.7. The van der Waals surface area contributed by atoms with Crippen LogP contribution in [-0.4, -0.2) is 25.5 Å². The highest BCUT2D eigenvalue weighted by Gasteiger charge is 2.19. The van der Waals surface area contributed by atoms with E-state index in [9.17, 15) is 4.79 Å². The van der Waals surface area contributed by atoms with Gasteiger partial charge >= 0.3 is 0 Å². The Morgan fingerprint density at radius 2 is 1.94 bits per heavy atom. The molecule has 18 heavy (non-hydrogen) atoms. The van der Waals surface area contributed by atoms with Crippen LogP contribution in [-0.2, 0) is 14.1 Å². The van der Waals surface area contributed by atoms with Crippen molar-refractivity contribution in [3.8, 4) is 0 Å². The maximum absolute atomic E-state index is 12.1. The third kappa shape index (κ3) is 1.94. The average molecular weight is 248 g/mol. The lowest BCUT2D eigenvalue weighted by Gasteiger charge is -2.06. The number of carbonyl (C=O) groups is 1. The first-order chi connectivity index (χ1) is 8.40. The van der Waals surface area contributed by atoms with Crippen molar-refractivity contribution < 1.29 is 4.79 Å². The highest BCUT2D eigenvalue weighted by atomic mass is 16.2. The molecule has 2 heterocycles. The summed E-state index contributed by atoms with van der Waals surface area (Å²) in [5.41, 5.74) is 8.06. The molecular weight excluding hydrogens is 232 g/mol. The van der Waals surface area contributed by atoms with Crippen molar-refractivity contribution in [1.29, 1.82) is 0 Å². The van der Waals surface area contributed by atoms with Crippen LogP contribution in [0.5, 0.6) is 0 Å². The first-order valence-corrected chi connectivity index (χ1v) is 5.51. The molecule has 1 amide bonds. The second kappa shape index (κ2) is 4.17. The molecule has 2 rings (SSSR count). The molecule has 0 fully saturated rings. The number of nitrogens with one attached hydrogen (secondary N) is 1. The van der Waals surface area contributed by atoms with Gasteiger partial charge in [0.1, 0.15) is 11.5 Å². The SMILES string of the molecule is Cc1cc(NC(=O)c2c(N)c(C)nn2C)n(C)n1. The summed E-state index contributed by atoms with van der Waals surface area (Å²) in [5.74, 6) is 0.328. The van der Waals surface area contributed by atoms with E-state index >= 15 is 0 Å². The molecule has 0 atom stereocenters. The number of nitrogens with zero attached hydrogens (tertiary/aromatic N) is 4. The lowest BCUT2D eigenvalue weighted by molar-refractivity contribution is 0.101. The topological polar surface area (TPSA) is 90.8 Å². The van der Waals surface area contributed by atoms with Gasteiger partial charge in [-0.15, -0.1) is 0 Å². The molecule has 0 aliphatic heterocycles. The smallest absolute Gasteiger partial charge is 0.277 e. The lowest BCUT2D eigenvalue weighted by atomic mass is 10.3. The van der Waals surface area contributed by atoms with Crippen LogP contribution in [0.15, 0.2) is 6.07 Å². The fourth-order valence-electron chi connectivity index (χ4n) is 1.85. The molecule has 0 aliphatic rings. The maximum Gasteiger partial charge on any atom is 0.277 e. The highest BCUT2D eigenvalue weighted by Crippen LogP contribution is 2.17. The molecule has 0 spiro atoms. The number of aryl methyl sites for hydroxylation is 4. The average Bonchev–Trinajstić information content (AvgIpc) is 2.69. The zero-order valence-electron chi connectivity index (χ0n) is 10.9. The van der Waals surface area contributed by atoms with E-state index in [2.05, 4.69) is 15.5 Å². The van der Waals surface area contributed by atoms with Gasteiger partial charge in [0.05, 0.1) is 17.1 Å². The summed E-state index contributed by atoms with van der Waals surface area (Å²) >= 11 is 0. The molecule has 2 aromatic rings. The molecule has 3 N–H and O–H groups in total. The van der Waals surface area contributed by atoms with Crippen molar-refractivity contribution in [1.82, 2.24) is 19.6 Å². The number of hydrogen-bond donors (Lipinski definition) is 2. The minimum atomic E-state index is -0.293. The molecule has 0 saturated heterocycles. The summed E-state index contributed by atoms with van der Waals surface area (Å²) in [6.45, 7) is 3.62. The largest absolute Gasteiger partial charge is 0.395 e. The quantitative estimate of drug-likeness (QED) is 0.814. The Morgan fingerprint density at radius 3 is 2.39 bits per heavy atom. The van der Waals surface area contributed by atoms with Crippen LogP contribution in [0, 0.1) is 13.8 Å². The minimum absolute atomic E-state index is 0.293. The van der Waals surface area contributed by atoms with Crippen molar-refractivity contribution in [2.45, 2.75) is 13.8 Å². The number of carbonyl (C=O) groups excluding carboxylic acids is 1. The summed E-state index contributed by atoms with van der Waals surface area (Å²) in [6, 6.07) is 1.79. The maximum atomic E-state index is 12.1. The van der Waals surface area contributed by atoms with E-state index < -0.39 is 0 Å². The number of nitrogen functional groups attached to an aromatic ring is 1. The summed E-state index contributed by atoms with van der Waals surface area (Å²) in [4.78, 5) is 12.1. The van der Waals surface area contributed by atoms with E-state index in [1.807, 2.05) is 6.92 Å². The number of amides is 1. The van der Waals surface area contributed by atoms with E-state index in [1.54, 1.807) is 31.8 Å². The number of hydrogen-bond acceptors (Lipinski definition) is 4. The molecule has 0 saturated carbocycles. The van der Waals surface area contributed by atoms with Gasteiger partial charge in [-0.3, -0.25) is 14.2 Å². The first kappa shape index (κ1) is 12.2. The lowest BCUT2D eigenvalue weighted by Crippen LogP contribution is -2.19. The number of aromatic nitrogens is 4. The third-order valence-electron chi connectivity index (χ3n) is 2.73. The summed E-state index contributed by atoms with van der Waals surface area (Å²) in [6.07, 6.45) is 0. The molecule has 7 nitrogen and oxygen atoms in total. The number of nitrogens with two attached hydrogens (primary N) is 1. The molecule has 0 bridgehead atoms. The summed E-state index contributed by atoms with van der Waals surface area (Å²) < 4.78 is 3.08. The van der Waals surface area contributed by atoms with Crippen LogP contribution < -0.4 is 11.1 Å². The molecule has 0 unspecified atom stereocenters. The fourth-order valence-corrected chi connectivity index (χ4v) is 1.85. The van der Waals surface area contributed by atoms with E-state index in [-0.39, 0.29) is 5.91 Å². The highest BCUT2D eigenvalue weighted by molar-refractivity contribution is 6.06. The van der Waals surface area contributed by atoms with Crippen molar-refractivity contribution in [3.63, 3.8) is 0 Å². The molecule has 0 aromatic carbocycles. The van der Waals surface area contributed by atoms with Gasteiger partial charge in [0.2, 0.25) is 0 Å². The van der Waals surface area contributed by atoms with Crippen molar-refractivity contribution in [2.24, 2.45) is 14.1 Å². The van der Waals surface area contributed by atoms with Crippen LogP contribution in [0.3, 0.4) is 0 Å². The second-order valence-electron chi connectivity index (χ2n) is 4.22. The standard InChI is InChI=1S/C11H16N6O/c1-6-5-8(16(3)14-6)13-11(18)10-9(12)7(2)15-17(10)4/h5H,12H2,1-4H3,(H,13,18). The Balaban J connectivity index is 2.30. The van der Waals surface area contributed by atoms with Crippen LogP contribution in [0.4, 0.5) is 11.5 Å². The van der Waals surface area contributed by atoms with Gasteiger partial charge in [0.25, 0.3) is 5.91 Å². The third-order valence-corrected chi connectivity index (χ3v) is 2.73. The van der Waals surface area contributed by atoms with Gasteiger partial charge in [-0.2, -0.15) is 10.2 Å². The predicted molar refractivity (Wildman–Crippen MR) is 68.3 cm³/mol. The predicted octanol–water partition coefficient (Wildman–Crippen LogP) is 0.605. The van der Waals surface area contributed by atoms with Gasteiger partial charge in [-0.1, -0.05) is 0 Å². The van der Waals surface area contributed by atoms with Crippen molar-refractivity contribution >= 4 is 17.4 Å². The van der Waals surface area contributed by atoms with Crippen LogP contribution >= 0.6 is 0 Å². The Morgan fingerprint density at radius 1 is 1.28 bits per heavy atom. The molecule has 2 aromatic heterocycles. The Hall–Kier alpha value is -2.31. The van der Waals surface area contributed by atoms with Crippen molar-refractivity contribution in [2.75, 3.05) is 11.1 Å². The van der Waals surface area contributed by atoms with Gasteiger partial charge in [-0.25, -0.2) is 0 Å². The Kier molecular flexibility index (Phi) is 2.82. The fraction of sp³-hybridized carbons (Fsp3) is 0.364. The zero-order chi connectivity index (χ0) is 13.4. The Bertz CT molecular complexity index is 609. The number of anilines is 2. The molecule has 7 heteroatoms. The van der Waals surface area contributed by atoms with Crippen LogP contribution in [0.1, 0.15) is 21.9 Å². The van der Waals surface area contributed by atoms with E-state index in [0.29, 0.717) is 22.9 Å². The minimum Gasteiger partial charge on any atom is -0.395 e. The first-order valence-electron chi connectivity index (χ1n) is 5.51. The monoisotopic (exact) mass is 248 g/mol. The Labute approximate surface area is 105 Å². The summed E-state index contributed by atoms with van der Waals surface area (Å²) in [5, 5.41) is 11.0. The molecule has 0 radical (unpaired) electrons. The van der Waals surface area contributed by atoms with Crippen molar-refractivity contribution in [3.05, 3.63) is 23.1 Å². The van der Waals surface area contributed by atoms with E-state index in [0.717, 1.165) is 5.69 Å². The van der Waals surface area contributed by atoms with Gasteiger partial charge < -0.3 is 11.1 Å². The van der Waals surface area contributed by atoms with Crippen LogP contribution in [0.2, 0.25) is 0 Å².